The Morgan fingerprint density at radius 2 is 1.90 bits per heavy atom. The topological polar surface area (TPSA) is 21.3 Å². The van der Waals surface area contributed by atoms with Crippen molar-refractivity contribution in [3.63, 3.8) is 0 Å². The first-order chi connectivity index (χ1) is 9.67. The molecule has 1 saturated carbocycles. The zero-order chi connectivity index (χ0) is 14.1. The summed E-state index contributed by atoms with van der Waals surface area (Å²) >= 11 is 0. The molecule has 0 spiro atoms. The van der Waals surface area contributed by atoms with Crippen LogP contribution >= 0.6 is 0 Å². The van der Waals surface area contributed by atoms with Crippen molar-refractivity contribution in [2.75, 3.05) is 7.05 Å². The average Bonchev–Trinajstić information content (AvgIpc) is 2.81. The summed E-state index contributed by atoms with van der Waals surface area (Å²) in [6.45, 7) is 4.54. The summed E-state index contributed by atoms with van der Waals surface area (Å²) in [5, 5.41) is 3.56. The highest BCUT2D eigenvalue weighted by Gasteiger charge is 2.27. The van der Waals surface area contributed by atoms with E-state index in [1.807, 2.05) is 0 Å². The minimum atomic E-state index is 0.337. The van der Waals surface area contributed by atoms with E-state index in [2.05, 4.69) is 44.4 Å². The second-order valence-electron chi connectivity index (χ2n) is 6.79. The van der Waals surface area contributed by atoms with E-state index in [0.717, 1.165) is 24.0 Å². The zero-order valence-electron chi connectivity index (χ0n) is 13.0. The van der Waals surface area contributed by atoms with Gasteiger partial charge in [-0.05, 0) is 55.8 Å². The highest BCUT2D eigenvalue weighted by Crippen LogP contribution is 2.38. The molecule has 1 aromatic carbocycles. The van der Waals surface area contributed by atoms with E-state index in [9.17, 15) is 0 Å². The van der Waals surface area contributed by atoms with Gasteiger partial charge in [-0.1, -0.05) is 31.9 Å². The molecule has 0 aromatic heterocycles. The number of ether oxygens (including phenoxy) is 1. The van der Waals surface area contributed by atoms with Crippen molar-refractivity contribution >= 4 is 0 Å². The largest absolute Gasteiger partial charge is 0.490 e. The summed E-state index contributed by atoms with van der Waals surface area (Å²) in [5.74, 6) is 2.79. The van der Waals surface area contributed by atoms with Gasteiger partial charge in [0.15, 0.2) is 0 Å². The van der Waals surface area contributed by atoms with Crippen LogP contribution in [0.2, 0.25) is 0 Å². The van der Waals surface area contributed by atoms with Gasteiger partial charge in [0.1, 0.15) is 11.9 Å². The lowest BCUT2D eigenvalue weighted by Crippen LogP contribution is -2.28. The van der Waals surface area contributed by atoms with Gasteiger partial charge in [0.25, 0.3) is 0 Å². The summed E-state index contributed by atoms with van der Waals surface area (Å²) in [6, 6.07) is 7.31. The molecule has 1 N–H and O–H groups in total. The van der Waals surface area contributed by atoms with Crippen LogP contribution in [0.3, 0.4) is 0 Å². The lowest BCUT2D eigenvalue weighted by atomic mass is 9.77. The smallest absolute Gasteiger partial charge is 0.123 e. The van der Waals surface area contributed by atoms with Crippen molar-refractivity contribution in [2.45, 2.75) is 58.1 Å². The van der Waals surface area contributed by atoms with Gasteiger partial charge in [0, 0.05) is 12.5 Å². The predicted molar refractivity (Wildman–Crippen MR) is 83.2 cm³/mol. The zero-order valence-corrected chi connectivity index (χ0v) is 13.0. The third-order valence-electron chi connectivity index (χ3n) is 5.12. The molecule has 1 aliphatic carbocycles. The van der Waals surface area contributed by atoms with E-state index < -0.39 is 0 Å². The van der Waals surface area contributed by atoms with Gasteiger partial charge in [-0.15, -0.1) is 0 Å². The standard InChI is InChI=1S/C18H27NO/c1-12-4-6-14(7-5-12)18(19-3)15-8-9-17-16(11-15)10-13(2)20-17/h8-9,11-14,18-19H,4-7,10H2,1-3H3. The van der Waals surface area contributed by atoms with Crippen LogP contribution in [-0.2, 0) is 6.42 Å². The van der Waals surface area contributed by atoms with Gasteiger partial charge < -0.3 is 10.1 Å². The summed E-state index contributed by atoms with van der Waals surface area (Å²) in [7, 11) is 2.11. The second kappa shape index (κ2) is 5.77. The molecule has 0 bridgehead atoms. The van der Waals surface area contributed by atoms with Gasteiger partial charge in [-0.2, -0.15) is 0 Å². The Balaban J connectivity index is 1.78. The maximum Gasteiger partial charge on any atom is 0.123 e. The number of hydrogen-bond acceptors (Lipinski definition) is 2. The van der Waals surface area contributed by atoms with Gasteiger partial charge in [-0.25, -0.2) is 0 Å². The van der Waals surface area contributed by atoms with Crippen LogP contribution < -0.4 is 10.1 Å². The van der Waals surface area contributed by atoms with Gasteiger partial charge >= 0.3 is 0 Å². The molecule has 2 atom stereocenters. The maximum absolute atomic E-state index is 5.81. The van der Waals surface area contributed by atoms with Crippen LogP contribution in [-0.4, -0.2) is 13.2 Å². The Bertz CT molecular complexity index is 462. The number of nitrogens with one attached hydrogen (secondary N) is 1. The molecule has 0 saturated heterocycles. The number of benzene rings is 1. The molecular weight excluding hydrogens is 246 g/mol. The lowest BCUT2D eigenvalue weighted by molar-refractivity contribution is 0.238. The summed E-state index contributed by atoms with van der Waals surface area (Å²) in [6.07, 6.45) is 6.88. The lowest BCUT2D eigenvalue weighted by Gasteiger charge is -2.33. The quantitative estimate of drug-likeness (QED) is 0.895. The molecule has 3 rings (SSSR count). The fourth-order valence-electron chi connectivity index (χ4n) is 3.93. The molecular formula is C18H27NO. The van der Waals surface area contributed by atoms with E-state index in [4.69, 9.17) is 4.74 Å². The van der Waals surface area contributed by atoms with Crippen LogP contribution in [0.4, 0.5) is 0 Å². The summed E-state index contributed by atoms with van der Waals surface area (Å²) in [5.41, 5.74) is 2.84. The van der Waals surface area contributed by atoms with Crippen molar-refractivity contribution in [3.8, 4) is 5.75 Å². The van der Waals surface area contributed by atoms with Crippen molar-refractivity contribution in [1.82, 2.24) is 5.32 Å². The highest BCUT2D eigenvalue weighted by atomic mass is 16.5. The van der Waals surface area contributed by atoms with Crippen LogP contribution in [0.1, 0.15) is 56.7 Å². The number of fused-ring (bicyclic) bond motifs is 1. The average molecular weight is 273 g/mol. The van der Waals surface area contributed by atoms with E-state index >= 15 is 0 Å². The molecule has 2 unspecified atom stereocenters. The van der Waals surface area contributed by atoms with Crippen molar-refractivity contribution in [2.24, 2.45) is 11.8 Å². The van der Waals surface area contributed by atoms with Crippen molar-refractivity contribution < 1.29 is 4.74 Å². The highest BCUT2D eigenvalue weighted by molar-refractivity contribution is 5.41. The first kappa shape index (κ1) is 13.9. The number of hydrogen-bond donors (Lipinski definition) is 1. The third-order valence-corrected chi connectivity index (χ3v) is 5.12. The minimum Gasteiger partial charge on any atom is -0.490 e. The Morgan fingerprint density at radius 3 is 2.60 bits per heavy atom. The normalized spacial score (nSPS) is 30.6. The molecule has 1 aliphatic heterocycles. The molecule has 1 aromatic rings. The fraction of sp³-hybridized carbons (Fsp3) is 0.667. The second-order valence-corrected chi connectivity index (χ2v) is 6.79. The molecule has 2 aliphatic rings. The van der Waals surface area contributed by atoms with Crippen LogP contribution in [0.25, 0.3) is 0 Å². The van der Waals surface area contributed by atoms with Crippen molar-refractivity contribution in [3.05, 3.63) is 29.3 Å². The Kier molecular flexibility index (Phi) is 4.02. The third kappa shape index (κ3) is 2.71. The van der Waals surface area contributed by atoms with Gasteiger partial charge in [-0.3, -0.25) is 0 Å². The minimum absolute atomic E-state index is 0.337. The molecule has 110 valence electrons. The Labute approximate surface area is 122 Å². The van der Waals surface area contributed by atoms with Gasteiger partial charge in [0.2, 0.25) is 0 Å². The van der Waals surface area contributed by atoms with Crippen molar-refractivity contribution in [1.29, 1.82) is 0 Å². The fourth-order valence-corrected chi connectivity index (χ4v) is 3.93. The van der Waals surface area contributed by atoms with Crippen LogP contribution in [0, 0.1) is 11.8 Å². The predicted octanol–water partition coefficient (Wildman–Crippen LogP) is 4.10. The monoisotopic (exact) mass is 273 g/mol. The first-order valence-corrected chi connectivity index (χ1v) is 8.14. The molecule has 0 amide bonds. The summed E-state index contributed by atoms with van der Waals surface area (Å²) in [4.78, 5) is 0. The molecule has 1 fully saturated rings. The van der Waals surface area contributed by atoms with Crippen LogP contribution in [0.15, 0.2) is 18.2 Å². The van der Waals surface area contributed by atoms with Gasteiger partial charge in [0.05, 0.1) is 0 Å². The molecule has 2 nitrogen and oxygen atoms in total. The molecule has 2 heteroatoms. The van der Waals surface area contributed by atoms with E-state index in [1.54, 1.807) is 0 Å². The Hall–Kier alpha value is -1.02. The first-order valence-electron chi connectivity index (χ1n) is 8.14. The Morgan fingerprint density at radius 1 is 1.15 bits per heavy atom. The number of rotatable bonds is 3. The maximum atomic E-state index is 5.81. The van der Waals surface area contributed by atoms with Crippen LogP contribution in [0.5, 0.6) is 5.75 Å². The molecule has 0 radical (unpaired) electrons. The van der Waals surface area contributed by atoms with E-state index in [0.29, 0.717) is 12.1 Å². The van der Waals surface area contributed by atoms with E-state index in [-0.39, 0.29) is 0 Å². The van der Waals surface area contributed by atoms with E-state index in [1.165, 1.54) is 36.8 Å². The SMILES string of the molecule is CNC(c1ccc2c(c1)CC(C)O2)C1CCC(C)CC1. The summed E-state index contributed by atoms with van der Waals surface area (Å²) < 4.78 is 5.81. The molecule has 1 heterocycles. The molecule has 20 heavy (non-hydrogen) atoms.